The highest BCUT2D eigenvalue weighted by Crippen LogP contribution is 2.26. The van der Waals surface area contributed by atoms with E-state index in [1.807, 2.05) is 17.8 Å². The zero-order chi connectivity index (χ0) is 14.0. The first kappa shape index (κ1) is 14.6. The van der Waals surface area contributed by atoms with E-state index in [0.29, 0.717) is 0 Å². The summed E-state index contributed by atoms with van der Waals surface area (Å²) in [5.74, 6) is 0. The maximum absolute atomic E-state index is 4.50. The Kier molecular flexibility index (Phi) is 4.68. The fourth-order valence-corrected chi connectivity index (χ4v) is 3.11. The van der Waals surface area contributed by atoms with Gasteiger partial charge in [0.2, 0.25) is 0 Å². The zero-order valence-corrected chi connectivity index (χ0v) is 14.5. The second-order valence-electron chi connectivity index (χ2n) is 4.45. The Balaban J connectivity index is 2.19. The quantitative estimate of drug-likeness (QED) is 0.842. The number of halogens is 2. The van der Waals surface area contributed by atoms with Crippen LogP contribution in [0.25, 0.3) is 0 Å². The number of hydrogen-bond acceptors (Lipinski definition) is 2. The highest BCUT2D eigenvalue weighted by Gasteiger charge is 2.12. The SMILES string of the molecule is CCc1nn(C)c(CNc2cccc(Br)c2C)c1Br. The van der Waals surface area contributed by atoms with Crippen LogP contribution in [0.15, 0.2) is 27.1 Å². The molecule has 1 aromatic carbocycles. The average Bonchev–Trinajstić information content (AvgIpc) is 2.66. The summed E-state index contributed by atoms with van der Waals surface area (Å²) >= 11 is 7.19. The predicted octanol–water partition coefficient (Wildman–Crippen LogP) is 4.43. The molecule has 0 spiro atoms. The number of hydrogen-bond donors (Lipinski definition) is 1. The Labute approximate surface area is 130 Å². The van der Waals surface area contributed by atoms with Gasteiger partial charge in [-0.25, -0.2) is 0 Å². The van der Waals surface area contributed by atoms with Gasteiger partial charge in [0.25, 0.3) is 0 Å². The Bertz CT molecular complexity index is 591. The van der Waals surface area contributed by atoms with Gasteiger partial charge in [0.05, 0.1) is 22.4 Å². The lowest BCUT2D eigenvalue weighted by Crippen LogP contribution is -2.07. The molecule has 0 aliphatic carbocycles. The number of aromatic nitrogens is 2. The second-order valence-corrected chi connectivity index (χ2v) is 6.10. The molecule has 0 atom stereocenters. The number of aryl methyl sites for hydroxylation is 2. The molecule has 0 unspecified atom stereocenters. The van der Waals surface area contributed by atoms with E-state index in [1.54, 1.807) is 0 Å². The van der Waals surface area contributed by atoms with Crippen LogP contribution in [0.2, 0.25) is 0 Å². The summed E-state index contributed by atoms with van der Waals surface area (Å²) in [4.78, 5) is 0. The maximum Gasteiger partial charge on any atom is 0.0767 e. The van der Waals surface area contributed by atoms with Gasteiger partial charge in [0.15, 0.2) is 0 Å². The molecule has 0 saturated heterocycles. The van der Waals surface area contributed by atoms with Gasteiger partial charge >= 0.3 is 0 Å². The van der Waals surface area contributed by atoms with E-state index in [0.717, 1.165) is 39.0 Å². The van der Waals surface area contributed by atoms with Gasteiger partial charge in [-0.2, -0.15) is 5.10 Å². The Morgan fingerprint density at radius 2 is 2.05 bits per heavy atom. The van der Waals surface area contributed by atoms with Crippen molar-refractivity contribution in [1.82, 2.24) is 9.78 Å². The number of nitrogens with zero attached hydrogens (tertiary/aromatic N) is 2. The molecule has 19 heavy (non-hydrogen) atoms. The van der Waals surface area contributed by atoms with Gasteiger partial charge in [-0.1, -0.05) is 28.9 Å². The van der Waals surface area contributed by atoms with Crippen LogP contribution >= 0.6 is 31.9 Å². The normalized spacial score (nSPS) is 10.8. The first-order chi connectivity index (χ1) is 9.04. The van der Waals surface area contributed by atoms with Crippen LogP contribution < -0.4 is 5.32 Å². The van der Waals surface area contributed by atoms with Crippen LogP contribution in [0, 0.1) is 6.92 Å². The summed E-state index contributed by atoms with van der Waals surface area (Å²) in [6.45, 7) is 4.96. The summed E-state index contributed by atoms with van der Waals surface area (Å²) in [6, 6.07) is 6.18. The van der Waals surface area contributed by atoms with E-state index < -0.39 is 0 Å². The van der Waals surface area contributed by atoms with Crippen LogP contribution in [-0.4, -0.2) is 9.78 Å². The highest BCUT2D eigenvalue weighted by atomic mass is 79.9. The fourth-order valence-electron chi connectivity index (χ4n) is 1.99. The molecule has 2 rings (SSSR count). The molecule has 102 valence electrons. The van der Waals surface area contributed by atoms with Crippen LogP contribution in [0.3, 0.4) is 0 Å². The van der Waals surface area contributed by atoms with Crippen LogP contribution in [0.4, 0.5) is 5.69 Å². The van der Waals surface area contributed by atoms with Gasteiger partial charge in [-0.15, -0.1) is 0 Å². The molecule has 0 saturated carbocycles. The van der Waals surface area contributed by atoms with E-state index in [1.165, 1.54) is 5.56 Å². The van der Waals surface area contributed by atoms with Gasteiger partial charge < -0.3 is 5.32 Å². The predicted molar refractivity (Wildman–Crippen MR) is 86.5 cm³/mol. The molecule has 2 aromatic rings. The van der Waals surface area contributed by atoms with Crippen molar-refractivity contribution in [3.05, 3.63) is 44.1 Å². The number of anilines is 1. The molecule has 1 N–H and O–H groups in total. The van der Waals surface area contributed by atoms with E-state index in [9.17, 15) is 0 Å². The average molecular weight is 387 g/mol. The molecule has 0 aliphatic heterocycles. The number of nitrogens with one attached hydrogen (secondary N) is 1. The van der Waals surface area contributed by atoms with Crippen molar-refractivity contribution in [2.45, 2.75) is 26.8 Å². The van der Waals surface area contributed by atoms with E-state index in [-0.39, 0.29) is 0 Å². The third-order valence-electron chi connectivity index (χ3n) is 3.22. The molecule has 1 aromatic heterocycles. The van der Waals surface area contributed by atoms with Crippen molar-refractivity contribution in [2.75, 3.05) is 5.32 Å². The lowest BCUT2D eigenvalue weighted by molar-refractivity contribution is 0.706. The van der Waals surface area contributed by atoms with Crippen molar-refractivity contribution in [2.24, 2.45) is 7.05 Å². The monoisotopic (exact) mass is 385 g/mol. The van der Waals surface area contributed by atoms with Crippen LogP contribution in [0.1, 0.15) is 23.9 Å². The molecular weight excluding hydrogens is 370 g/mol. The minimum absolute atomic E-state index is 0.751. The summed E-state index contributed by atoms with van der Waals surface area (Å²) in [7, 11) is 1.98. The largest absolute Gasteiger partial charge is 0.379 e. The number of rotatable bonds is 4. The summed E-state index contributed by atoms with van der Waals surface area (Å²) in [5.41, 5.74) is 4.62. The zero-order valence-electron chi connectivity index (χ0n) is 11.3. The van der Waals surface area contributed by atoms with Crippen molar-refractivity contribution < 1.29 is 0 Å². The molecule has 0 bridgehead atoms. The third kappa shape index (κ3) is 3.03. The minimum Gasteiger partial charge on any atom is -0.379 e. The highest BCUT2D eigenvalue weighted by molar-refractivity contribution is 9.10. The minimum atomic E-state index is 0.751. The van der Waals surface area contributed by atoms with E-state index in [2.05, 4.69) is 68.3 Å². The van der Waals surface area contributed by atoms with Crippen molar-refractivity contribution >= 4 is 37.5 Å². The Morgan fingerprint density at radius 3 is 2.68 bits per heavy atom. The molecule has 5 heteroatoms. The number of benzene rings is 1. The van der Waals surface area contributed by atoms with E-state index >= 15 is 0 Å². The lowest BCUT2D eigenvalue weighted by Gasteiger charge is -2.11. The van der Waals surface area contributed by atoms with Crippen molar-refractivity contribution in [1.29, 1.82) is 0 Å². The van der Waals surface area contributed by atoms with Gasteiger partial charge in [-0.05, 0) is 47.0 Å². The summed E-state index contributed by atoms with van der Waals surface area (Å²) < 4.78 is 4.16. The first-order valence-corrected chi connectivity index (χ1v) is 7.82. The van der Waals surface area contributed by atoms with Crippen molar-refractivity contribution in [3.8, 4) is 0 Å². The maximum atomic E-state index is 4.50. The van der Waals surface area contributed by atoms with Crippen molar-refractivity contribution in [3.63, 3.8) is 0 Å². The molecule has 0 radical (unpaired) electrons. The Morgan fingerprint density at radius 1 is 1.32 bits per heavy atom. The molecule has 0 amide bonds. The van der Waals surface area contributed by atoms with E-state index in [4.69, 9.17) is 0 Å². The topological polar surface area (TPSA) is 29.9 Å². The first-order valence-electron chi connectivity index (χ1n) is 6.23. The standard InChI is InChI=1S/C14H17Br2N3/c1-4-11-14(16)13(19(3)18-11)8-17-12-7-5-6-10(15)9(12)2/h5-7,17H,4,8H2,1-3H3. The smallest absolute Gasteiger partial charge is 0.0767 e. The summed E-state index contributed by atoms with van der Waals surface area (Å²) in [6.07, 6.45) is 0.935. The second kappa shape index (κ2) is 6.09. The third-order valence-corrected chi connectivity index (χ3v) is 4.99. The van der Waals surface area contributed by atoms with Crippen LogP contribution in [0.5, 0.6) is 0 Å². The molecule has 3 nitrogen and oxygen atoms in total. The van der Waals surface area contributed by atoms with Gasteiger partial charge in [0.1, 0.15) is 0 Å². The summed E-state index contributed by atoms with van der Waals surface area (Å²) in [5, 5.41) is 7.97. The van der Waals surface area contributed by atoms with Gasteiger partial charge in [0, 0.05) is 17.2 Å². The fraction of sp³-hybridized carbons (Fsp3) is 0.357. The molecule has 0 fully saturated rings. The van der Waals surface area contributed by atoms with Crippen LogP contribution in [-0.2, 0) is 20.0 Å². The molecule has 1 heterocycles. The Hall–Kier alpha value is -0.810. The molecule has 0 aliphatic rings. The lowest BCUT2D eigenvalue weighted by atomic mass is 10.2. The van der Waals surface area contributed by atoms with Gasteiger partial charge in [-0.3, -0.25) is 4.68 Å². The molecular formula is C14H17Br2N3.